The second kappa shape index (κ2) is 2.82. The number of Topliss-reactive ketones (excluding diaryl/α,β-unsaturated/α-hetero) is 1. The van der Waals surface area contributed by atoms with Crippen LogP contribution in [0.4, 0.5) is 0 Å². The van der Waals surface area contributed by atoms with Gasteiger partial charge in [-0.05, 0) is 12.8 Å². The summed E-state index contributed by atoms with van der Waals surface area (Å²) in [5, 5.41) is 0. The number of carbonyl (C=O) groups is 1. The number of methoxy groups -OCH3 is 1. The molecule has 1 atom stereocenters. The van der Waals surface area contributed by atoms with E-state index in [2.05, 4.69) is 0 Å². The average Bonchev–Trinajstić information content (AvgIpc) is 2.83. The van der Waals surface area contributed by atoms with Crippen LogP contribution in [0.3, 0.4) is 0 Å². The third-order valence-corrected chi connectivity index (χ3v) is 2.77. The summed E-state index contributed by atoms with van der Waals surface area (Å²) in [7, 11) is 1.61. The van der Waals surface area contributed by atoms with Crippen LogP contribution in [-0.4, -0.2) is 31.7 Å². The fourth-order valence-corrected chi connectivity index (χ4v) is 1.72. The molecule has 0 aromatic heterocycles. The van der Waals surface area contributed by atoms with Gasteiger partial charge in [-0.3, -0.25) is 4.79 Å². The molecule has 12 heavy (non-hydrogen) atoms. The van der Waals surface area contributed by atoms with Crippen molar-refractivity contribution in [3.8, 4) is 0 Å². The van der Waals surface area contributed by atoms with E-state index in [1.165, 1.54) is 0 Å². The minimum atomic E-state index is -0.582. The van der Waals surface area contributed by atoms with Crippen molar-refractivity contribution in [2.75, 3.05) is 20.3 Å². The number of hydrogen-bond donors (Lipinski definition) is 0. The first-order valence-corrected chi connectivity index (χ1v) is 4.46. The zero-order valence-corrected chi connectivity index (χ0v) is 7.34. The lowest BCUT2D eigenvalue weighted by molar-refractivity contribution is -0.142. The Hall–Kier alpha value is -0.410. The van der Waals surface area contributed by atoms with Gasteiger partial charge < -0.3 is 9.47 Å². The van der Waals surface area contributed by atoms with Gasteiger partial charge in [0.15, 0.2) is 11.4 Å². The van der Waals surface area contributed by atoms with Gasteiger partial charge in [-0.25, -0.2) is 0 Å². The van der Waals surface area contributed by atoms with Gasteiger partial charge in [0.25, 0.3) is 0 Å². The zero-order valence-electron chi connectivity index (χ0n) is 7.34. The highest BCUT2D eigenvalue weighted by molar-refractivity contribution is 5.91. The molecule has 0 amide bonds. The molecule has 0 aromatic carbocycles. The molecular weight excluding hydrogens is 156 g/mol. The Balaban J connectivity index is 2.09. The third kappa shape index (κ3) is 1.17. The maximum absolute atomic E-state index is 11.8. The maximum Gasteiger partial charge on any atom is 0.170 e. The van der Waals surface area contributed by atoms with E-state index in [9.17, 15) is 4.79 Å². The first-order chi connectivity index (χ1) is 5.78. The Morgan fingerprint density at radius 1 is 1.58 bits per heavy atom. The summed E-state index contributed by atoms with van der Waals surface area (Å²) >= 11 is 0. The summed E-state index contributed by atoms with van der Waals surface area (Å²) in [5.74, 6) is 0.536. The summed E-state index contributed by atoms with van der Waals surface area (Å²) in [4.78, 5) is 11.8. The minimum absolute atomic E-state index is 0.266. The molecule has 0 bridgehead atoms. The van der Waals surface area contributed by atoms with E-state index in [0.29, 0.717) is 13.2 Å². The summed E-state index contributed by atoms with van der Waals surface area (Å²) in [6, 6.07) is 0. The van der Waals surface area contributed by atoms with Crippen LogP contribution in [-0.2, 0) is 14.3 Å². The molecule has 1 aliphatic carbocycles. The van der Waals surface area contributed by atoms with E-state index >= 15 is 0 Å². The molecule has 68 valence electrons. The lowest BCUT2D eigenvalue weighted by Crippen LogP contribution is -2.42. The lowest BCUT2D eigenvalue weighted by Gasteiger charge is -2.23. The van der Waals surface area contributed by atoms with Crippen molar-refractivity contribution in [3.63, 3.8) is 0 Å². The molecule has 1 aliphatic heterocycles. The van der Waals surface area contributed by atoms with E-state index in [0.717, 1.165) is 19.3 Å². The molecule has 2 aliphatic rings. The Kier molecular flexibility index (Phi) is 1.93. The molecule has 1 heterocycles. The van der Waals surface area contributed by atoms with Gasteiger partial charge in [-0.15, -0.1) is 0 Å². The van der Waals surface area contributed by atoms with Gasteiger partial charge in [0.2, 0.25) is 0 Å². The van der Waals surface area contributed by atoms with Crippen molar-refractivity contribution >= 4 is 5.78 Å². The summed E-state index contributed by atoms with van der Waals surface area (Å²) < 4.78 is 10.5. The second-order valence-electron chi connectivity index (χ2n) is 3.64. The quantitative estimate of drug-likeness (QED) is 0.627. The van der Waals surface area contributed by atoms with Gasteiger partial charge in [0.05, 0.1) is 13.2 Å². The van der Waals surface area contributed by atoms with Crippen LogP contribution in [0.1, 0.15) is 19.3 Å². The van der Waals surface area contributed by atoms with E-state index in [4.69, 9.17) is 9.47 Å². The Bertz CT molecular complexity index is 190. The van der Waals surface area contributed by atoms with E-state index in [-0.39, 0.29) is 11.7 Å². The van der Waals surface area contributed by atoms with Crippen molar-refractivity contribution < 1.29 is 14.3 Å². The summed E-state index contributed by atoms with van der Waals surface area (Å²) in [6.07, 6.45) is 2.83. The first kappa shape index (κ1) is 8.20. The molecule has 1 saturated heterocycles. The van der Waals surface area contributed by atoms with Crippen LogP contribution >= 0.6 is 0 Å². The number of carbonyl (C=O) groups excluding carboxylic acids is 1. The summed E-state index contributed by atoms with van der Waals surface area (Å²) in [5.41, 5.74) is -0.582. The number of rotatable bonds is 3. The van der Waals surface area contributed by atoms with E-state index < -0.39 is 5.60 Å². The largest absolute Gasteiger partial charge is 0.378 e. The van der Waals surface area contributed by atoms with Crippen LogP contribution in [0.5, 0.6) is 0 Å². The monoisotopic (exact) mass is 170 g/mol. The topological polar surface area (TPSA) is 35.5 Å². The highest BCUT2D eigenvalue weighted by atomic mass is 16.6. The first-order valence-electron chi connectivity index (χ1n) is 4.46. The van der Waals surface area contributed by atoms with Crippen LogP contribution in [0.15, 0.2) is 0 Å². The fourth-order valence-electron chi connectivity index (χ4n) is 1.72. The lowest BCUT2D eigenvalue weighted by atomic mass is 9.94. The van der Waals surface area contributed by atoms with Crippen molar-refractivity contribution in [1.82, 2.24) is 0 Å². The number of hydrogen-bond acceptors (Lipinski definition) is 3. The molecular formula is C9H14O3. The fraction of sp³-hybridized carbons (Fsp3) is 0.889. The molecule has 2 fully saturated rings. The van der Waals surface area contributed by atoms with Gasteiger partial charge in [-0.1, -0.05) is 0 Å². The molecule has 1 unspecified atom stereocenters. The molecule has 0 aromatic rings. The van der Waals surface area contributed by atoms with Crippen molar-refractivity contribution in [2.24, 2.45) is 5.92 Å². The van der Waals surface area contributed by atoms with Crippen molar-refractivity contribution in [1.29, 1.82) is 0 Å². The van der Waals surface area contributed by atoms with Crippen molar-refractivity contribution in [2.45, 2.75) is 24.9 Å². The molecule has 1 saturated carbocycles. The molecule has 3 nitrogen and oxygen atoms in total. The van der Waals surface area contributed by atoms with E-state index in [1.807, 2.05) is 0 Å². The van der Waals surface area contributed by atoms with Crippen LogP contribution in [0.2, 0.25) is 0 Å². The maximum atomic E-state index is 11.8. The zero-order chi connectivity index (χ0) is 8.60. The molecule has 0 N–H and O–H groups in total. The minimum Gasteiger partial charge on any atom is -0.378 e. The number of ketones is 1. The normalized spacial score (nSPS) is 35.4. The van der Waals surface area contributed by atoms with Gasteiger partial charge in [-0.2, -0.15) is 0 Å². The molecule has 0 radical (unpaired) electrons. The van der Waals surface area contributed by atoms with Gasteiger partial charge in [0, 0.05) is 19.4 Å². The molecule has 2 rings (SSSR count). The molecule has 0 spiro atoms. The van der Waals surface area contributed by atoms with Crippen LogP contribution < -0.4 is 0 Å². The number of ether oxygens (including phenoxy) is 2. The predicted octanol–water partition coefficient (Wildman–Crippen LogP) is 0.771. The third-order valence-electron chi connectivity index (χ3n) is 2.77. The van der Waals surface area contributed by atoms with E-state index in [1.54, 1.807) is 7.11 Å². The Morgan fingerprint density at radius 2 is 2.33 bits per heavy atom. The van der Waals surface area contributed by atoms with Crippen LogP contribution in [0, 0.1) is 5.92 Å². The highest BCUT2D eigenvalue weighted by Crippen LogP contribution is 2.37. The standard InChI is InChI=1S/C9H14O3/c1-11-9(4-5-12-6-9)8(10)7-2-3-7/h7H,2-6H2,1H3. The Morgan fingerprint density at radius 3 is 2.75 bits per heavy atom. The smallest absolute Gasteiger partial charge is 0.170 e. The Labute approximate surface area is 72.0 Å². The average molecular weight is 170 g/mol. The second-order valence-corrected chi connectivity index (χ2v) is 3.64. The van der Waals surface area contributed by atoms with Crippen LogP contribution in [0.25, 0.3) is 0 Å². The molecule has 3 heteroatoms. The SMILES string of the molecule is COC1(C(=O)C2CC2)CCOC1. The highest BCUT2D eigenvalue weighted by Gasteiger charge is 2.48. The van der Waals surface area contributed by atoms with Gasteiger partial charge in [0.1, 0.15) is 0 Å². The van der Waals surface area contributed by atoms with Crippen molar-refractivity contribution in [3.05, 3.63) is 0 Å². The summed E-state index contributed by atoms with van der Waals surface area (Å²) in [6.45, 7) is 1.12. The predicted molar refractivity (Wildman–Crippen MR) is 42.9 cm³/mol. The van der Waals surface area contributed by atoms with Gasteiger partial charge >= 0.3 is 0 Å².